The Hall–Kier alpha value is -2.04. The highest BCUT2D eigenvalue weighted by Gasteiger charge is 2.17. The Bertz CT molecular complexity index is 654. The average Bonchev–Trinajstić information content (AvgIpc) is 2.49. The minimum absolute atomic E-state index is 0.272. The summed E-state index contributed by atoms with van der Waals surface area (Å²) in [6.45, 7) is 0. The molecule has 5 heteroatoms. The molecule has 2 aromatic rings. The molecule has 0 bridgehead atoms. The first-order valence-electron chi connectivity index (χ1n) is 7.17. The fraction of sp³-hybridized carbons (Fsp3) is 0.375. The van der Waals surface area contributed by atoms with Crippen LogP contribution in [0.15, 0.2) is 18.2 Å². The lowest BCUT2D eigenvalue weighted by Gasteiger charge is -2.18. The molecule has 0 unspecified atom stereocenters. The fourth-order valence-electron chi connectivity index (χ4n) is 2.77. The van der Waals surface area contributed by atoms with E-state index in [0.29, 0.717) is 11.4 Å². The van der Waals surface area contributed by atoms with E-state index < -0.39 is 11.6 Å². The zero-order chi connectivity index (χ0) is 14.8. The van der Waals surface area contributed by atoms with Crippen LogP contribution in [0.3, 0.4) is 0 Å². The first-order chi connectivity index (χ1) is 10.2. The standard InChI is InChI=1S/C16H17F2N3/c1-19-16-12-4-2-3-5-14(12)20-15(21-16)8-10-6-7-11(17)9-13(10)18/h6-7,9H,2-5,8H2,1H3,(H,19,20,21). The molecule has 3 nitrogen and oxygen atoms in total. The van der Waals surface area contributed by atoms with Crippen LogP contribution in [-0.2, 0) is 19.3 Å². The smallest absolute Gasteiger partial charge is 0.135 e. The van der Waals surface area contributed by atoms with Gasteiger partial charge in [0.05, 0.1) is 0 Å². The highest BCUT2D eigenvalue weighted by atomic mass is 19.1. The Morgan fingerprint density at radius 2 is 1.95 bits per heavy atom. The summed E-state index contributed by atoms with van der Waals surface area (Å²) < 4.78 is 26.7. The number of aryl methyl sites for hydroxylation is 1. The number of rotatable bonds is 3. The quantitative estimate of drug-likeness (QED) is 0.942. The molecule has 110 valence electrons. The van der Waals surface area contributed by atoms with E-state index in [4.69, 9.17) is 0 Å². The van der Waals surface area contributed by atoms with Crippen LogP contribution in [0, 0.1) is 11.6 Å². The van der Waals surface area contributed by atoms with Gasteiger partial charge in [0.15, 0.2) is 0 Å². The SMILES string of the molecule is CNc1nc(Cc2ccc(F)cc2F)nc2c1CCCC2. The predicted octanol–water partition coefficient (Wildman–Crippen LogP) is 3.27. The maximum atomic E-state index is 13.7. The van der Waals surface area contributed by atoms with Gasteiger partial charge in [-0.25, -0.2) is 18.7 Å². The van der Waals surface area contributed by atoms with Gasteiger partial charge in [-0.1, -0.05) is 6.07 Å². The van der Waals surface area contributed by atoms with E-state index in [-0.39, 0.29) is 6.42 Å². The number of aromatic nitrogens is 2. The Morgan fingerprint density at radius 3 is 2.71 bits per heavy atom. The van der Waals surface area contributed by atoms with Gasteiger partial charge >= 0.3 is 0 Å². The average molecular weight is 289 g/mol. The summed E-state index contributed by atoms with van der Waals surface area (Å²) in [6, 6.07) is 3.61. The Kier molecular flexibility index (Phi) is 3.82. The van der Waals surface area contributed by atoms with Crippen LogP contribution in [0.5, 0.6) is 0 Å². The largest absolute Gasteiger partial charge is 0.373 e. The molecule has 1 heterocycles. The zero-order valence-electron chi connectivity index (χ0n) is 11.9. The number of anilines is 1. The molecule has 0 atom stereocenters. The molecule has 3 rings (SSSR count). The highest BCUT2D eigenvalue weighted by molar-refractivity contribution is 5.47. The minimum atomic E-state index is -0.571. The van der Waals surface area contributed by atoms with Gasteiger partial charge in [0.1, 0.15) is 23.3 Å². The number of nitrogens with one attached hydrogen (secondary N) is 1. The van der Waals surface area contributed by atoms with E-state index in [1.165, 1.54) is 17.7 Å². The summed E-state index contributed by atoms with van der Waals surface area (Å²) in [6.07, 6.45) is 4.46. The lowest BCUT2D eigenvalue weighted by atomic mass is 9.96. The summed E-state index contributed by atoms with van der Waals surface area (Å²) in [7, 11) is 1.83. The topological polar surface area (TPSA) is 37.8 Å². The Balaban J connectivity index is 1.95. The fourth-order valence-corrected chi connectivity index (χ4v) is 2.77. The van der Waals surface area contributed by atoms with Gasteiger partial charge in [0, 0.05) is 30.8 Å². The van der Waals surface area contributed by atoms with Crippen LogP contribution in [0.2, 0.25) is 0 Å². The predicted molar refractivity (Wildman–Crippen MR) is 77.4 cm³/mol. The van der Waals surface area contributed by atoms with Crippen molar-refractivity contribution in [3.63, 3.8) is 0 Å². The van der Waals surface area contributed by atoms with Crippen molar-refractivity contribution in [3.05, 3.63) is 52.5 Å². The summed E-state index contributed by atoms with van der Waals surface area (Å²) in [5, 5.41) is 3.10. The second kappa shape index (κ2) is 5.76. The first kappa shape index (κ1) is 13.9. The van der Waals surface area contributed by atoms with Crippen molar-refractivity contribution in [3.8, 4) is 0 Å². The van der Waals surface area contributed by atoms with Crippen molar-refractivity contribution >= 4 is 5.82 Å². The summed E-state index contributed by atoms with van der Waals surface area (Å²) in [5.41, 5.74) is 2.64. The maximum absolute atomic E-state index is 13.7. The molecule has 0 spiro atoms. The first-order valence-corrected chi connectivity index (χ1v) is 7.17. The second-order valence-corrected chi connectivity index (χ2v) is 5.28. The lowest BCUT2D eigenvalue weighted by molar-refractivity contribution is 0.573. The van der Waals surface area contributed by atoms with Crippen molar-refractivity contribution in [2.75, 3.05) is 12.4 Å². The van der Waals surface area contributed by atoms with Crippen LogP contribution < -0.4 is 5.32 Å². The van der Waals surface area contributed by atoms with E-state index >= 15 is 0 Å². The molecule has 0 amide bonds. The molecular weight excluding hydrogens is 272 g/mol. The summed E-state index contributed by atoms with van der Waals surface area (Å²) in [4.78, 5) is 9.05. The van der Waals surface area contributed by atoms with Crippen molar-refractivity contribution in [2.45, 2.75) is 32.1 Å². The summed E-state index contributed by atoms with van der Waals surface area (Å²) >= 11 is 0. The molecule has 0 saturated carbocycles. The normalized spacial score (nSPS) is 13.9. The Morgan fingerprint density at radius 1 is 1.14 bits per heavy atom. The van der Waals surface area contributed by atoms with Crippen molar-refractivity contribution in [1.82, 2.24) is 9.97 Å². The number of hydrogen-bond donors (Lipinski definition) is 1. The molecular formula is C16H17F2N3. The van der Waals surface area contributed by atoms with Crippen LogP contribution >= 0.6 is 0 Å². The van der Waals surface area contributed by atoms with E-state index in [2.05, 4.69) is 15.3 Å². The minimum Gasteiger partial charge on any atom is -0.373 e. The third-order valence-corrected chi connectivity index (χ3v) is 3.83. The molecule has 0 fully saturated rings. The van der Waals surface area contributed by atoms with Gasteiger partial charge < -0.3 is 5.32 Å². The number of nitrogens with zero attached hydrogens (tertiary/aromatic N) is 2. The monoisotopic (exact) mass is 289 g/mol. The number of halogens is 2. The zero-order valence-corrected chi connectivity index (χ0v) is 11.9. The molecule has 1 aliphatic carbocycles. The van der Waals surface area contributed by atoms with E-state index in [0.717, 1.165) is 43.3 Å². The molecule has 21 heavy (non-hydrogen) atoms. The van der Waals surface area contributed by atoms with Crippen LogP contribution in [-0.4, -0.2) is 17.0 Å². The van der Waals surface area contributed by atoms with Crippen molar-refractivity contribution < 1.29 is 8.78 Å². The second-order valence-electron chi connectivity index (χ2n) is 5.28. The molecule has 1 aromatic heterocycles. The van der Waals surface area contributed by atoms with E-state index in [1.807, 2.05) is 7.05 Å². The van der Waals surface area contributed by atoms with Gasteiger partial charge in [0.25, 0.3) is 0 Å². The highest BCUT2D eigenvalue weighted by Crippen LogP contribution is 2.26. The molecule has 0 radical (unpaired) electrons. The summed E-state index contributed by atoms with van der Waals surface area (Å²) in [5.74, 6) is 0.281. The molecule has 0 aliphatic heterocycles. The Labute approximate surface area is 122 Å². The van der Waals surface area contributed by atoms with E-state index in [1.54, 1.807) is 0 Å². The number of fused-ring (bicyclic) bond motifs is 1. The molecule has 0 saturated heterocycles. The number of benzene rings is 1. The lowest BCUT2D eigenvalue weighted by Crippen LogP contribution is -2.13. The van der Waals surface area contributed by atoms with E-state index in [9.17, 15) is 8.78 Å². The maximum Gasteiger partial charge on any atom is 0.135 e. The molecule has 1 aliphatic rings. The van der Waals surface area contributed by atoms with Gasteiger partial charge in [-0.2, -0.15) is 0 Å². The third-order valence-electron chi connectivity index (χ3n) is 3.83. The van der Waals surface area contributed by atoms with Crippen LogP contribution in [0.25, 0.3) is 0 Å². The van der Waals surface area contributed by atoms with Gasteiger partial charge in [-0.3, -0.25) is 0 Å². The van der Waals surface area contributed by atoms with Crippen molar-refractivity contribution in [1.29, 1.82) is 0 Å². The van der Waals surface area contributed by atoms with Crippen LogP contribution in [0.1, 0.15) is 35.5 Å². The number of hydrogen-bond acceptors (Lipinski definition) is 3. The molecule has 1 N–H and O–H groups in total. The third kappa shape index (κ3) is 2.86. The van der Waals surface area contributed by atoms with Gasteiger partial charge in [0.2, 0.25) is 0 Å². The van der Waals surface area contributed by atoms with Crippen molar-refractivity contribution in [2.24, 2.45) is 0 Å². The molecule has 1 aromatic carbocycles. The van der Waals surface area contributed by atoms with Gasteiger partial charge in [-0.05, 0) is 37.3 Å². The van der Waals surface area contributed by atoms with Crippen LogP contribution in [0.4, 0.5) is 14.6 Å². The van der Waals surface area contributed by atoms with Gasteiger partial charge in [-0.15, -0.1) is 0 Å².